The van der Waals surface area contributed by atoms with Gasteiger partial charge in [0, 0.05) is 24.9 Å². The summed E-state index contributed by atoms with van der Waals surface area (Å²) in [5.74, 6) is -1.34. The number of aliphatic hydroxyl groups excluding tert-OH is 1. The molecule has 0 spiro atoms. The van der Waals surface area contributed by atoms with Gasteiger partial charge in [0.05, 0.1) is 25.2 Å². The average Bonchev–Trinajstić information content (AvgIpc) is 2.67. The molecule has 0 aromatic heterocycles. The van der Waals surface area contributed by atoms with Crippen molar-refractivity contribution in [3.63, 3.8) is 0 Å². The molecule has 2 heterocycles. The first kappa shape index (κ1) is 17.2. The minimum Gasteiger partial charge on any atom is -0.464 e. The first-order valence-corrected chi connectivity index (χ1v) is 8.17. The number of carbonyl (C=O) groups is 2. The first-order chi connectivity index (χ1) is 10.2. The third-order valence-electron chi connectivity index (χ3n) is 4.05. The Balaban J connectivity index is 2.39. The van der Waals surface area contributed by atoms with Crippen LogP contribution in [0.25, 0.3) is 0 Å². The molecule has 22 heavy (non-hydrogen) atoms. The van der Waals surface area contributed by atoms with Crippen molar-refractivity contribution in [3.05, 3.63) is 10.6 Å². The van der Waals surface area contributed by atoms with Crippen molar-refractivity contribution in [1.82, 2.24) is 9.80 Å². The number of rotatable bonds is 3. The number of carbonyl (C=O) groups excluding carboxylic acids is 2. The van der Waals surface area contributed by atoms with Gasteiger partial charge in [-0.15, -0.1) is 0 Å². The molecule has 0 aliphatic carbocycles. The fourth-order valence-corrected chi connectivity index (χ4v) is 4.17. The number of aliphatic hydroxyl groups is 1. The van der Waals surface area contributed by atoms with E-state index in [-0.39, 0.29) is 23.6 Å². The van der Waals surface area contributed by atoms with Crippen LogP contribution in [0.3, 0.4) is 0 Å². The van der Waals surface area contributed by atoms with Crippen molar-refractivity contribution in [2.45, 2.75) is 26.0 Å². The maximum Gasteiger partial charge on any atom is 0.355 e. The number of β-lactam (4-membered cyclic amide) rings is 1. The minimum atomic E-state index is -0.750. The molecule has 0 aromatic carbocycles. The molecule has 1 saturated heterocycles. The Hall–Kier alpha value is -1.12. The van der Waals surface area contributed by atoms with E-state index in [9.17, 15) is 14.7 Å². The Morgan fingerprint density at radius 3 is 2.55 bits per heavy atom. The number of nitrogens with zero attached hydrogens (tertiary/aromatic N) is 2. The van der Waals surface area contributed by atoms with Crippen LogP contribution in [0.4, 0.5) is 0 Å². The van der Waals surface area contributed by atoms with Gasteiger partial charge in [-0.25, -0.2) is 4.79 Å². The van der Waals surface area contributed by atoms with E-state index in [4.69, 9.17) is 17.0 Å². The highest BCUT2D eigenvalue weighted by atomic mass is 32.2. The predicted molar refractivity (Wildman–Crippen MR) is 87.9 cm³/mol. The van der Waals surface area contributed by atoms with Crippen molar-refractivity contribution < 1.29 is 19.4 Å². The fourth-order valence-electron chi connectivity index (χ4n) is 2.93. The van der Waals surface area contributed by atoms with Gasteiger partial charge in [0.1, 0.15) is 10.0 Å². The highest BCUT2D eigenvalue weighted by Crippen LogP contribution is 2.50. The number of hydrogen-bond donors (Lipinski definition) is 1. The van der Waals surface area contributed by atoms with Crippen LogP contribution in [0.2, 0.25) is 0 Å². The van der Waals surface area contributed by atoms with Gasteiger partial charge in [0.15, 0.2) is 0 Å². The number of amides is 1. The average molecular weight is 344 g/mol. The summed E-state index contributed by atoms with van der Waals surface area (Å²) in [6, 6.07) is -0.214. The number of ether oxygens (including phenoxy) is 1. The highest BCUT2D eigenvalue weighted by molar-refractivity contribution is 8.25. The maximum atomic E-state index is 12.3. The van der Waals surface area contributed by atoms with E-state index in [1.54, 1.807) is 11.8 Å². The van der Waals surface area contributed by atoms with Crippen molar-refractivity contribution in [3.8, 4) is 0 Å². The molecule has 0 saturated carbocycles. The molecule has 0 radical (unpaired) electrons. The molecule has 0 bridgehead atoms. The van der Waals surface area contributed by atoms with Crippen LogP contribution in [0, 0.1) is 11.8 Å². The van der Waals surface area contributed by atoms with E-state index in [2.05, 4.69) is 0 Å². The summed E-state index contributed by atoms with van der Waals surface area (Å²) in [5.41, 5.74) is 0.260. The summed E-state index contributed by atoms with van der Waals surface area (Å²) in [5, 5.41) is 9.82. The number of fused-ring (bicyclic) bond motifs is 1. The third kappa shape index (κ3) is 2.53. The zero-order valence-corrected chi connectivity index (χ0v) is 14.8. The van der Waals surface area contributed by atoms with Crippen molar-refractivity contribution >= 4 is 40.2 Å². The molecule has 1 fully saturated rings. The van der Waals surface area contributed by atoms with Crippen LogP contribution >= 0.6 is 24.0 Å². The van der Waals surface area contributed by atoms with Crippen LogP contribution < -0.4 is 0 Å². The van der Waals surface area contributed by atoms with Crippen molar-refractivity contribution in [1.29, 1.82) is 0 Å². The van der Waals surface area contributed by atoms with E-state index in [0.717, 1.165) is 4.91 Å². The van der Waals surface area contributed by atoms with Crippen LogP contribution in [-0.2, 0) is 14.3 Å². The lowest BCUT2D eigenvalue weighted by Crippen LogP contribution is -2.63. The number of methoxy groups -OCH3 is 1. The molecule has 8 heteroatoms. The lowest BCUT2D eigenvalue weighted by atomic mass is 9.79. The zero-order valence-electron chi connectivity index (χ0n) is 13.2. The molecule has 1 amide bonds. The van der Waals surface area contributed by atoms with Crippen LogP contribution in [0.15, 0.2) is 10.6 Å². The molecule has 4 unspecified atom stereocenters. The molecule has 6 nitrogen and oxygen atoms in total. The van der Waals surface area contributed by atoms with E-state index >= 15 is 0 Å². The molecular weight excluding hydrogens is 324 g/mol. The summed E-state index contributed by atoms with van der Waals surface area (Å²) >= 11 is 6.60. The Morgan fingerprint density at radius 2 is 2.09 bits per heavy atom. The number of hydrogen-bond acceptors (Lipinski definition) is 6. The fraction of sp³-hybridized carbons (Fsp3) is 0.643. The number of thioether (sulfide) groups is 1. The minimum absolute atomic E-state index is 0.0747. The topological polar surface area (TPSA) is 70.1 Å². The zero-order chi connectivity index (χ0) is 16.8. The molecule has 1 N–H and O–H groups in total. The van der Waals surface area contributed by atoms with E-state index in [1.165, 1.54) is 23.8 Å². The molecule has 122 valence electrons. The van der Waals surface area contributed by atoms with Crippen LogP contribution in [-0.4, -0.2) is 64.5 Å². The second kappa shape index (κ2) is 6.17. The summed E-state index contributed by atoms with van der Waals surface area (Å²) in [6.07, 6.45) is -0.750. The third-order valence-corrected chi connectivity index (χ3v) is 5.99. The Labute approximate surface area is 139 Å². The van der Waals surface area contributed by atoms with E-state index in [1.807, 2.05) is 21.0 Å². The molecule has 0 aromatic rings. The van der Waals surface area contributed by atoms with Gasteiger partial charge in [0.25, 0.3) is 0 Å². The molecule has 2 rings (SSSR count). The van der Waals surface area contributed by atoms with Gasteiger partial charge in [-0.1, -0.05) is 30.9 Å². The SMILES string of the molecule is COC(=O)C1=C(SC(=S)N(C)C)C(C)C2C(C(C)O)C(=O)N12. The lowest BCUT2D eigenvalue weighted by Gasteiger charge is -2.46. The van der Waals surface area contributed by atoms with E-state index in [0.29, 0.717) is 4.32 Å². The monoisotopic (exact) mass is 344 g/mol. The number of esters is 1. The first-order valence-electron chi connectivity index (χ1n) is 6.95. The van der Waals surface area contributed by atoms with Crippen LogP contribution in [0.1, 0.15) is 13.8 Å². The Bertz CT molecular complexity index is 559. The van der Waals surface area contributed by atoms with Gasteiger partial charge in [-0.2, -0.15) is 0 Å². The highest BCUT2D eigenvalue weighted by Gasteiger charge is 2.60. The van der Waals surface area contributed by atoms with Gasteiger partial charge >= 0.3 is 5.97 Å². The smallest absolute Gasteiger partial charge is 0.355 e. The summed E-state index contributed by atoms with van der Waals surface area (Å²) in [4.78, 5) is 28.4. The van der Waals surface area contributed by atoms with Crippen molar-refractivity contribution in [2.75, 3.05) is 21.2 Å². The molecular formula is C14H20N2O4S2. The standard InChI is InChI=1S/C14H20N2O4S2/c1-6-9-8(7(2)17)12(18)16(9)10(13(19)20-5)11(6)22-14(21)15(3)4/h6-9,17H,1-5H3. The summed E-state index contributed by atoms with van der Waals surface area (Å²) in [7, 11) is 4.94. The lowest BCUT2D eigenvalue weighted by molar-refractivity contribution is -0.163. The van der Waals surface area contributed by atoms with Gasteiger partial charge in [-0.3, -0.25) is 4.79 Å². The molecule has 2 aliphatic rings. The van der Waals surface area contributed by atoms with Gasteiger partial charge < -0.3 is 19.6 Å². The summed E-state index contributed by atoms with van der Waals surface area (Å²) in [6.45, 7) is 3.54. The summed E-state index contributed by atoms with van der Waals surface area (Å²) < 4.78 is 5.43. The molecule has 2 aliphatic heterocycles. The normalized spacial score (nSPS) is 28.2. The number of thiocarbonyl (C=S) groups is 1. The second-order valence-corrected chi connectivity index (χ2v) is 7.40. The van der Waals surface area contributed by atoms with Gasteiger partial charge in [0.2, 0.25) is 5.91 Å². The van der Waals surface area contributed by atoms with Gasteiger partial charge in [-0.05, 0) is 6.92 Å². The molecule has 4 atom stereocenters. The predicted octanol–water partition coefficient (Wildman–Crippen LogP) is 0.808. The Morgan fingerprint density at radius 1 is 1.50 bits per heavy atom. The van der Waals surface area contributed by atoms with Crippen molar-refractivity contribution in [2.24, 2.45) is 11.8 Å². The van der Waals surface area contributed by atoms with E-state index < -0.39 is 18.0 Å². The Kier molecular flexibility index (Phi) is 4.84. The van der Waals surface area contributed by atoms with Crippen LogP contribution in [0.5, 0.6) is 0 Å². The largest absolute Gasteiger partial charge is 0.464 e. The second-order valence-electron chi connectivity index (χ2n) is 5.72. The maximum absolute atomic E-state index is 12.3. The quantitative estimate of drug-likeness (QED) is 0.461.